The Labute approximate surface area is 203 Å². The summed E-state index contributed by atoms with van der Waals surface area (Å²) >= 11 is 0. The predicted molar refractivity (Wildman–Crippen MR) is 131 cm³/mol. The monoisotopic (exact) mass is 503 g/mol. The molecule has 9 heteroatoms. The first-order valence-electron chi connectivity index (χ1n) is 11.1. The van der Waals surface area contributed by atoms with E-state index in [-0.39, 0.29) is 12.2 Å². The zero-order valence-corrected chi connectivity index (χ0v) is 20.5. The number of benzene rings is 3. The molecule has 0 heterocycles. The molecule has 35 heavy (non-hydrogen) atoms. The van der Waals surface area contributed by atoms with Gasteiger partial charge in [0.25, 0.3) is 14.2 Å². The molecule has 0 spiro atoms. The van der Waals surface area contributed by atoms with E-state index in [2.05, 4.69) is 30.8 Å². The summed E-state index contributed by atoms with van der Waals surface area (Å²) in [4.78, 5) is 13.2. The standard InChI is InChI=1S/C26H28F3NO4Si/c1-30(19-24(31)26(27,28)29)25(32)20-13-15-21(16-14-20)33-17-18-34-35(2,22-9-5-3-6-10-22)23-11-7-4-8-12-23/h3-16,24,31H,17-19H2,1-2H3. The van der Waals surface area contributed by atoms with Gasteiger partial charge in [-0.2, -0.15) is 13.2 Å². The number of aliphatic hydroxyl groups is 1. The Morgan fingerprint density at radius 2 is 1.43 bits per heavy atom. The van der Waals surface area contributed by atoms with Crippen molar-refractivity contribution in [3.05, 3.63) is 90.5 Å². The van der Waals surface area contributed by atoms with Crippen molar-refractivity contribution in [2.24, 2.45) is 0 Å². The molecule has 1 unspecified atom stereocenters. The Morgan fingerprint density at radius 1 is 0.914 bits per heavy atom. The maximum absolute atomic E-state index is 12.5. The van der Waals surface area contributed by atoms with Crippen LogP contribution in [0.3, 0.4) is 0 Å². The van der Waals surface area contributed by atoms with Crippen LogP contribution in [0.15, 0.2) is 84.9 Å². The fourth-order valence-corrected chi connectivity index (χ4v) is 6.43. The van der Waals surface area contributed by atoms with E-state index in [0.29, 0.717) is 12.4 Å². The third-order valence-corrected chi connectivity index (χ3v) is 9.32. The van der Waals surface area contributed by atoms with Gasteiger partial charge in [-0.05, 0) is 41.2 Å². The summed E-state index contributed by atoms with van der Waals surface area (Å²) in [6.45, 7) is 1.94. The molecule has 0 saturated heterocycles. The smallest absolute Gasteiger partial charge is 0.416 e. The molecule has 1 N–H and O–H groups in total. The fourth-order valence-electron chi connectivity index (χ4n) is 3.61. The highest BCUT2D eigenvalue weighted by Gasteiger charge is 2.39. The van der Waals surface area contributed by atoms with E-state index in [0.717, 1.165) is 15.3 Å². The number of carbonyl (C=O) groups excluding carboxylic acids is 1. The van der Waals surface area contributed by atoms with Crippen LogP contribution in [0.2, 0.25) is 6.55 Å². The summed E-state index contributed by atoms with van der Waals surface area (Å²) in [7, 11) is -1.23. The molecule has 0 saturated carbocycles. The first-order chi connectivity index (χ1) is 16.6. The van der Waals surface area contributed by atoms with Crippen molar-refractivity contribution >= 4 is 24.6 Å². The lowest BCUT2D eigenvalue weighted by Crippen LogP contribution is -2.58. The van der Waals surface area contributed by atoms with Crippen LogP contribution >= 0.6 is 0 Å². The normalized spacial score (nSPS) is 12.7. The number of amides is 1. The summed E-state index contributed by atoms with van der Waals surface area (Å²) in [5, 5.41) is 11.5. The number of likely N-dealkylation sites (N-methyl/N-ethyl adjacent to an activating group) is 1. The SMILES string of the molecule is CN(CC(O)C(F)(F)F)C(=O)c1ccc(OCCO[Si](C)(c2ccccc2)c2ccccc2)cc1. The number of ether oxygens (including phenoxy) is 1. The van der Waals surface area contributed by atoms with Gasteiger partial charge in [0, 0.05) is 12.6 Å². The third kappa shape index (κ3) is 6.94. The second kappa shape index (κ2) is 11.5. The molecule has 3 rings (SSSR count). The second-order valence-electron chi connectivity index (χ2n) is 8.23. The van der Waals surface area contributed by atoms with Crippen LogP contribution in [0.1, 0.15) is 10.4 Å². The van der Waals surface area contributed by atoms with Crippen LogP contribution in [0.25, 0.3) is 0 Å². The van der Waals surface area contributed by atoms with Gasteiger partial charge in [-0.3, -0.25) is 4.79 Å². The van der Waals surface area contributed by atoms with Gasteiger partial charge in [-0.25, -0.2) is 0 Å². The van der Waals surface area contributed by atoms with Crippen LogP contribution < -0.4 is 15.1 Å². The van der Waals surface area contributed by atoms with Crippen LogP contribution in [0.5, 0.6) is 5.75 Å². The molecule has 5 nitrogen and oxygen atoms in total. The van der Waals surface area contributed by atoms with E-state index in [1.807, 2.05) is 36.4 Å². The summed E-state index contributed by atoms with van der Waals surface area (Å²) in [6, 6.07) is 26.3. The minimum atomic E-state index is -4.78. The number of hydrogen-bond donors (Lipinski definition) is 1. The number of aliphatic hydroxyl groups excluding tert-OH is 1. The van der Waals surface area contributed by atoms with Crippen molar-refractivity contribution in [2.75, 3.05) is 26.8 Å². The molecule has 186 valence electrons. The molecule has 3 aromatic carbocycles. The van der Waals surface area contributed by atoms with E-state index < -0.39 is 33.0 Å². The predicted octanol–water partition coefficient (Wildman–Crippen LogP) is 3.47. The van der Waals surface area contributed by atoms with Gasteiger partial charge in [0.15, 0.2) is 6.10 Å². The average Bonchev–Trinajstić information content (AvgIpc) is 2.87. The molecule has 0 aliphatic carbocycles. The third-order valence-electron chi connectivity index (χ3n) is 5.66. The number of nitrogens with zero attached hydrogens (tertiary/aromatic N) is 1. The fraction of sp³-hybridized carbons (Fsp3) is 0.269. The molecular weight excluding hydrogens is 475 g/mol. The van der Waals surface area contributed by atoms with Crippen molar-refractivity contribution in [3.8, 4) is 5.75 Å². The van der Waals surface area contributed by atoms with Crippen molar-refractivity contribution in [2.45, 2.75) is 18.8 Å². The molecule has 0 fully saturated rings. The Bertz CT molecular complexity index is 1040. The Morgan fingerprint density at radius 3 is 1.91 bits per heavy atom. The van der Waals surface area contributed by atoms with Crippen LogP contribution in [-0.2, 0) is 4.43 Å². The Kier molecular flexibility index (Phi) is 8.71. The van der Waals surface area contributed by atoms with Crippen molar-refractivity contribution in [1.29, 1.82) is 0 Å². The lowest BCUT2D eigenvalue weighted by Gasteiger charge is -2.28. The van der Waals surface area contributed by atoms with E-state index >= 15 is 0 Å². The zero-order valence-electron chi connectivity index (χ0n) is 19.5. The lowest BCUT2D eigenvalue weighted by molar-refractivity contribution is -0.205. The van der Waals surface area contributed by atoms with Gasteiger partial charge >= 0.3 is 6.18 Å². The Balaban J connectivity index is 1.57. The molecular formula is C26H28F3NO4Si. The highest BCUT2D eigenvalue weighted by atomic mass is 28.4. The quantitative estimate of drug-likeness (QED) is 0.340. The molecule has 0 aliphatic rings. The largest absolute Gasteiger partial charge is 0.491 e. The van der Waals surface area contributed by atoms with E-state index in [1.54, 1.807) is 12.1 Å². The van der Waals surface area contributed by atoms with E-state index in [9.17, 15) is 23.1 Å². The number of rotatable bonds is 10. The molecule has 0 radical (unpaired) electrons. The van der Waals surface area contributed by atoms with Crippen LogP contribution in [0, 0.1) is 0 Å². The zero-order chi connectivity index (χ0) is 25.5. The van der Waals surface area contributed by atoms with Crippen LogP contribution in [0.4, 0.5) is 13.2 Å². The van der Waals surface area contributed by atoms with Gasteiger partial charge in [-0.15, -0.1) is 0 Å². The summed E-state index contributed by atoms with van der Waals surface area (Å²) < 4.78 is 49.8. The molecule has 0 aliphatic heterocycles. The number of carbonyl (C=O) groups is 1. The van der Waals surface area contributed by atoms with Crippen molar-refractivity contribution < 1.29 is 32.2 Å². The van der Waals surface area contributed by atoms with Gasteiger partial charge in [0.2, 0.25) is 0 Å². The van der Waals surface area contributed by atoms with Gasteiger partial charge in [0.1, 0.15) is 12.4 Å². The summed E-state index contributed by atoms with van der Waals surface area (Å²) in [5.74, 6) is -0.124. The molecule has 1 amide bonds. The summed E-state index contributed by atoms with van der Waals surface area (Å²) in [6.07, 6.45) is -7.38. The average molecular weight is 504 g/mol. The second-order valence-corrected chi connectivity index (χ2v) is 11.7. The van der Waals surface area contributed by atoms with Gasteiger partial charge in [-0.1, -0.05) is 60.7 Å². The molecule has 3 aromatic rings. The highest BCUT2D eigenvalue weighted by Crippen LogP contribution is 2.21. The number of halogens is 3. The Hall–Kier alpha value is -3.14. The number of hydrogen-bond acceptors (Lipinski definition) is 4. The van der Waals surface area contributed by atoms with E-state index in [4.69, 9.17) is 9.16 Å². The first-order valence-corrected chi connectivity index (χ1v) is 13.5. The van der Waals surface area contributed by atoms with Gasteiger partial charge < -0.3 is 19.2 Å². The maximum atomic E-state index is 12.5. The van der Waals surface area contributed by atoms with E-state index in [1.165, 1.54) is 19.2 Å². The van der Waals surface area contributed by atoms with Crippen molar-refractivity contribution in [3.63, 3.8) is 0 Å². The molecule has 0 bridgehead atoms. The molecule has 1 atom stereocenters. The minimum absolute atomic E-state index is 0.193. The topological polar surface area (TPSA) is 59.0 Å². The maximum Gasteiger partial charge on any atom is 0.416 e. The lowest BCUT2D eigenvalue weighted by atomic mass is 10.2. The summed E-state index contributed by atoms with van der Waals surface area (Å²) in [5.41, 5.74) is 0.193. The minimum Gasteiger partial charge on any atom is -0.491 e. The number of alkyl halides is 3. The highest BCUT2D eigenvalue weighted by molar-refractivity contribution is 6.96. The van der Waals surface area contributed by atoms with Gasteiger partial charge in [0.05, 0.1) is 13.2 Å². The van der Waals surface area contributed by atoms with Crippen LogP contribution in [-0.4, -0.2) is 63.3 Å². The van der Waals surface area contributed by atoms with Crippen molar-refractivity contribution in [1.82, 2.24) is 4.90 Å². The first kappa shape index (κ1) is 26.5. The molecule has 0 aromatic heterocycles.